The lowest BCUT2D eigenvalue weighted by Gasteiger charge is -2.32. The molecule has 0 aromatic heterocycles. The van der Waals surface area contributed by atoms with Crippen molar-refractivity contribution in [2.24, 2.45) is 0 Å². The Labute approximate surface area is 247 Å². The summed E-state index contributed by atoms with van der Waals surface area (Å²) in [6.45, 7) is 5.52. The molecule has 0 unspecified atom stereocenters. The summed E-state index contributed by atoms with van der Waals surface area (Å²) in [6.07, 6.45) is -5.05. The topological polar surface area (TPSA) is 52.6 Å². The molecule has 240 valence electrons. The number of alkyl halides is 9. The SMILES string of the molecule is CC(C)(C)Oc1cc2c(c(-c3ccc(OS(=O)(=O)C(F)(F)C(F)(F)C(F)(F)C(F)(F)F)cc3)c1)C[C@@H](c1ccccc1)CC2. The third-order valence-corrected chi connectivity index (χ3v) is 8.32. The van der Waals surface area contributed by atoms with E-state index in [0.29, 0.717) is 29.7 Å². The zero-order valence-electron chi connectivity index (χ0n) is 23.5. The summed E-state index contributed by atoms with van der Waals surface area (Å²) in [4.78, 5) is 0. The zero-order chi connectivity index (χ0) is 32.9. The first-order valence-corrected chi connectivity index (χ1v) is 14.6. The molecule has 0 N–H and O–H groups in total. The van der Waals surface area contributed by atoms with Crippen molar-refractivity contribution in [2.75, 3.05) is 0 Å². The van der Waals surface area contributed by atoms with E-state index in [4.69, 9.17) is 4.74 Å². The van der Waals surface area contributed by atoms with Crippen LogP contribution in [0.3, 0.4) is 0 Å². The molecular formula is C30H27F9O4S. The molecular weight excluding hydrogens is 627 g/mol. The third-order valence-electron chi connectivity index (χ3n) is 7.02. The summed E-state index contributed by atoms with van der Waals surface area (Å²) in [7, 11) is -7.05. The predicted molar refractivity (Wildman–Crippen MR) is 144 cm³/mol. The van der Waals surface area contributed by atoms with Crippen LogP contribution in [0, 0.1) is 0 Å². The van der Waals surface area contributed by atoms with Gasteiger partial charge in [0.05, 0.1) is 0 Å². The first kappa shape index (κ1) is 33.5. The van der Waals surface area contributed by atoms with Crippen molar-refractivity contribution >= 4 is 10.1 Å². The van der Waals surface area contributed by atoms with E-state index < -0.39 is 44.7 Å². The maximum absolute atomic E-state index is 14.1. The standard InChI is InChI=1S/C30H27F9O4S/c1-26(2,3)42-23-15-21-10-9-20(18-7-5-4-6-8-18)16-24(21)25(17-23)19-11-13-22(14-12-19)43-44(40,41)30(38,39)28(33,34)27(31,32)29(35,36)37/h4-8,11-15,17,20H,9-10,16H2,1-3H3/t20-/m0/s1. The van der Waals surface area contributed by atoms with Gasteiger partial charge in [0.25, 0.3) is 0 Å². The average Bonchev–Trinajstić information content (AvgIpc) is 2.91. The number of hydrogen-bond acceptors (Lipinski definition) is 4. The van der Waals surface area contributed by atoms with Gasteiger partial charge in [-0.3, -0.25) is 0 Å². The van der Waals surface area contributed by atoms with E-state index in [1.165, 1.54) is 12.1 Å². The molecule has 3 aromatic carbocycles. The Morgan fingerprint density at radius 2 is 1.34 bits per heavy atom. The summed E-state index contributed by atoms with van der Waals surface area (Å²) < 4.78 is 153. The van der Waals surface area contributed by atoms with Crippen molar-refractivity contribution in [2.45, 2.75) is 74.8 Å². The molecule has 0 saturated carbocycles. The molecule has 0 spiro atoms. The monoisotopic (exact) mass is 654 g/mol. The normalized spacial score (nSPS) is 16.8. The number of fused-ring (bicyclic) bond motifs is 1. The Morgan fingerprint density at radius 3 is 1.89 bits per heavy atom. The van der Waals surface area contributed by atoms with Gasteiger partial charge < -0.3 is 8.92 Å². The highest BCUT2D eigenvalue weighted by molar-refractivity contribution is 7.88. The molecule has 14 heteroatoms. The number of benzene rings is 3. The molecule has 0 radical (unpaired) electrons. The van der Waals surface area contributed by atoms with Crippen molar-refractivity contribution in [1.29, 1.82) is 0 Å². The highest BCUT2D eigenvalue weighted by atomic mass is 32.2. The van der Waals surface area contributed by atoms with Gasteiger partial charge in [-0.1, -0.05) is 42.5 Å². The second-order valence-corrected chi connectivity index (χ2v) is 13.0. The molecule has 0 saturated heterocycles. The van der Waals surface area contributed by atoms with E-state index in [0.717, 1.165) is 35.2 Å². The first-order chi connectivity index (χ1) is 20.1. The quantitative estimate of drug-likeness (QED) is 0.180. The largest absolute Gasteiger partial charge is 0.488 e. The van der Waals surface area contributed by atoms with Crippen LogP contribution >= 0.6 is 0 Å². The Morgan fingerprint density at radius 1 is 0.750 bits per heavy atom. The fourth-order valence-electron chi connectivity index (χ4n) is 4.91. The minimum Gasteiger partial charge on any atom is -0.488 e. The molecule has 3 aromatic rings. The van der Waals surface area contributed by atoms with E-state index in [-0.39, 0.29) is 5.92 Å². The van der Waals surface area contributed by atoms with Crippen molar-refractivity contribution in [3.8, 4) is 22.6 Å². The molecule has 0 aliphatic heterocycles. The molecule has 1 atom stereocenters. The summed E-state index contributed by atoms with van der Waals surface area (Å²) in [5, 5.41) is -6.96. The van der Waals surface area contributed by atoms with Crippen LogP contribution in [0.15, 0.2) is 66.7 Å². The predicted octanol–water partition coefficient (Wildman–Crippen LogP) is 8.94. The maximum Gasteiger partial charge on any atom is 0.460 e. The van der Waals surface area contributed by atoms with E-state index in [1.54, 1.807) is 6.07 Å². The van der Waals surface area contributed by atoms with Gasteiger partial charge >= 0.3 is 33.4 Å². The van der Waals surface area contributed by atoms with Crippen LogP contribution in [0.4, 0.5) is 39.5 Å². The molecule has 0 fully saturated rings. The van der Waals surface area contributed by atoms with E-state index in [1.807, 2.05) is 57.2 Å². The van der Waals surface area contributed by atoms with Crippen LogP contribution in [-0.2, 0) is 23.0 Å². The maximum atomic E-state index is 14.1. The third kappa shape index (κ3) is 6.22. The van der Waals surface area contributed by atoms with Crippen molar-refractivity contribution in [3.63, 3.8) is 0 Å². The summed E-state index contributed by atoms with van der Waals surface area (Å²) in [5.41, 5.74) is 3.49. The van der Waals surface area contributed by atoms with Crippen molar-refractivity contribution in [3.05, 3.63) is 83.4 Å². The Hall–Kier alpha value is -3.42. The number of halogens is 9. The van der Waals surface area contributed by atoms with Gasteiger partial charge in [0.1, 0.15) is 17.1 Å². The zero-order valence-corrected chi connectivity index (χ0v) is 24.3. The van der Waals surface area contributed by atoms with Gasteiger partial charge in [0, 0.05) is 0 Å². The van der Waals surface area contributed by atoms with Crippen molar-refractivity contribution < 1.29 is 56.9 Å². The Balaban J connectivity index is 1.69. The molecule has 0 amide bonds. The minimum atomic E-state index is -7.39. The van der Waals surface area contributed by atoms with E-state index in [2.05, 4.69) is 4.18 Å². The lowest BCUT2D eigenvalue weighted by molar-refractivity contribution is -0.382. The molecule has 0 bridgehead atoms. The lowest BCUT2D eigenvalue weighted by atomic mass is 9.77. The second-order valence-electron chi connectivity index (χ2n) is 11.4. The number of ether oxygens (including phenoxy) is 1. The first-order valence-electron chi connectivity index (χ1n) is 13.2. The van der Waals surface area contributed by atoms with Gasteiger partial charge in [-0.15, -0.1) is 0 Å². The molecule has 0 heterocycles. The fraction of sp³-hybridized carbons (Fsp3) is 0.400. The summed E-state index contributed by atoms with van der Waals surface area (Å²) in [6, 6.07) is 17.4. The smallest absolute Gasteiger partial charge is 0.460 e. The van der Waals surface area contributed by atoms with Crippen molar-refractivity contribution in [1.82, 2.24) is 0 Å². The van der Waals surface area contributed by atoms with Gasteiger partial charge in [0.15, 0.2) is 0 Å². The van der Waals surface area contributed by atoms with E-state index >= 15 is 0 Å². The molecule has 4 rings (SSSR count). The highest BCUT2D eigenvalue weighted by Crippen LogP contribution is 2.55. The summed E-state index contributed by atoms with van der Waals surface area (Å²) >= 11 is 0. The minimum absolute atomic E-state index is 0.156. The molecule has 44 heavy (non-hydrogen) atoms. The van der Waals surface area contributed by atoms with Gasteiger partial charge in [-0.05, 0) is 98.0 Å². The number of rotatable bonds is 8. The lowest BCUT2D eigenvalue weighted by Crippen LogP contribution is -2.63. The Bertz CT molecular complexity index is 1600. The van der Waals surface area contributed by atoms with Gasteiger partial charge in [-0.25, -0.2) is 0 Å². The van der Waals surface area contributed by atoms with Gasteiger partial charge in [-0.2, -0.15) is 47.9 Å². The van der Waals surface area contributed by atoms with Crippen LogP contribution in [0.2, 0.25) is 0 Å². The van der Waals surface area contributed by atoms with E-state index in [9.17, 15) is 47.9 Å². The highest BCUT2D eigenvalue weighted by Gasteiger charge is 2.86. The van der Waals surface area contributed by atoms with Crippen LogP contribution in [0.5, 0.6) is 11.5 Å². The molecule has 1 aliphatic rings. The molecule has 4 nitrogen and oxygen atoms in total. The van der Waals surface area contributed by atoms with Crippen LogP contribution in [0.25, 0.3) is 11.1 Å². The summed E-state index contributed by atoms with van der Waals surface area (Å²) in [5.74, 6) is -15.1. The fourth-order valence-corrected chi connectivity index (χ4v) is 5.82. The average molecular weight is 655 g/mol. The van der Waals surface area contributed by atoms with Crippen LogP contribution < -0.4 is 8.92 Å². The Kier molecular flexibility index (Phi) is 8.51. The molecule has 1 aliphatic carbocycles. The van der Waals surface area contributed by atoms with Crippen LogP contribution in [0.1, 0.15) is 49.8 Å². The van der Waals surface area contributed by atoms with Gasteiger partial charge in [0.2, 0.25) is 0 Å². The second kappa shape index (κ2) is 11.2. The number of hydrogen-bond donors (Lipinski definition) is 0. The number of aryl methyl sites for hydroxylation is 1. The van der Waals surface area contributed by atoms with Crippen LogP contribution in [-0.4, -0.2) is 37.3 Å².